The molecule has 0 bridgehead atoms. The fourth-order valence-electron chi connectivity index (χ4n) is 4.61. The van der Waals surface area contributed by atoms with Crippen LogP contribution in [0.3, 0.4) is 0 Å². The molecule has 4 rings (SSSR count). The van der Waals surface area contributed by atoms with Crippen molar-refractivity contribution in [3.63, 3.8) is 0 Å². The molecule has 1 aliphatic carbocycles. The van der Waals surface area contributed by atoms with Crippen LogP contribution in [-0.4, -0.2) is 20.6 Å². The first kappa shape index (κ1) is 20.8. The van der Waals surface area contributed by atoms with Crippen molar-refractivity contribution in [1.82, 2.24) is 15.0 Å². The second-order valence-electron chi connectivity index (χ2n) is 9.93. The summed E-state index contributed by atoms with van der Waals surface area (Å²) in [6.07, 6.45) is 2.93. The highest BCUT2D eigenvalue weighted by atomic mass is 16.5. The first-order valence-corrected chi connectivity index (χ1v) is 11.0. The predicted octanol–water partition coefficient (Wildman–Crippen LogP) is 6.56. The average Bonchev–Trinajstić information content (AvgIpc) is 3.11. The van der Waals surface area contributed by atoms with Gasteiger partial charge in [-0.15, -0.1) is 5.10 Å². The summed E-state index contributed by atoms with van der Waals surface area (Å²) in [6, 6.07) is 17.2. The largest absolute Gasteiger partial charge is 0.368 e. The van der Waals surface area contributed by atoms with Gasteiger partial charge < -0.3 is 4.74 Å². The van der Waals surface area contributed by atoms with E-state index in [2.05, 4.69) is 94.8 Å². The van der Waals surface area contributed by atoms with Crippen molar-refractivity contribution in [3.8, 4) is 22.5 Å². The fraction of sp³-hybridized carbons (Fsp3) is 0.462. The van der Waals surface area contributed by atoms with E-state index in [0.717, 1.165) is 36.2 Å². The molecule has 1 aromatic heterocycles. The molecule has 0 saturated carbocycles. The van der Waals surface area contributed by atoms with Crippen molar-refractivity contribution in [1.29, 1.82) is 0 Å². The number of ether oxygens (including phenoxy) is 1. The van der Waals surface area contributed by atoms with Crippen LogP contribution < -0.4 is 0 Å². The van der Waals surface area contributed by atoms with Crippen LogP contribution in [0.15, 0.2) is 48.5 Å². The fourth-order valence-corrected chi connectivity index (χ4v) is 4.61. The third-order valence-corrected chi connectivity index (χ3v) is 5.84. The van der Waals surface area contributed by atoms with E-state index in [1.165, 1.54) is 16.7 Å². The van der Waals surface area contributed by atoms with Gasteiger partial charge in [0, 0.05) is 17.5 Å². The molecule has 1 heterocycles. The molecular formula is C26H33N3O. The number of benzene rings is 2. The quantitative estimate of drug-likeness (QED) is 0.495. The maximum Gasteiger partial charge on any atom is 0.121 e. The highest BCUT2D eigenvalue weighted by Crippen LogP contribution is 2.44. The van der Waals surface area contributed by atoms with E-state index in [-0.39, 0.29) is 17.2 Å². The van der Waals surface area contributed by atoms with E-state index in [0.29, 0.717) is 0 Å². The molecule has 0 aliphatic heterocycles. The van der Waals surface area contributed by atoms with Crippen LogP contribution in [0.4, 0.5) is 0 Å². The molecule has 0 fully saturated rings. The molecule has 30 heavy (non-hydrogen) atoms. The lowest BCUT2D eigenvalue weighted by Gasteiger charge is -2.32. The van der Waals surface area contributed by atoms with Gasteiger partial charge in [0.05, 0.1) is 22.9 Å². The van der Waals surface area contributed by atoms with Crippen LogP contribution in [0.2, 0.25) is 0 Å². The normalized spacial score (nSPS) is 16.3. The van der Waals surface area contributed by atoms with Gasteiger partial charge in [-0.2, -0.15) is 0 Å². The monoisotopic (exact) mass is 403 g/mol. The van der Waals surface area contributed by atoms with Gasteiger partial charge >= 0.3 is 0 Å². The van der Waals surface area contributed by atoms with E-state index in [1.807, 2.05) is 0 Å². The molecule has 2 aromatic carbocycles. The van der Waals surface area contributed by atoms with E-state index >= 15 is 0 Å². The maximum absolute atomic E-state index is 6.57. The Labute approximate surface area is 180 Å². The number of aromatic nitrogens is 3. The van der Waals surface area contributed by atoms with Gasteiger partial charge in [0.2, 0.25) is 0 Å². The predicted molar refractivity (Wildman–Crippen MR) is 122 cm³/mol. The Morgan fingerprint density at radius 2 is 1.63 bits per heavy atom. The molecule has 4 heteroatoms. The van der Waals surface area contributed by atoms with Crippen molar-refractivity contribution in [2.45, 2.75) is 78.0 Å². The van der Waals surface area contributed by atoms with Gasteiger partial charge in [-0.25, -0.2) is 4.68 Å². The Balaban J connectivity index is 2.00. The summed E-state index contributed by atoms with van der Waals surface area (Å²) >= 11 is 0. The van der Waals surface area contributed by atoms with Crippen molar-refractivity contribution < 1.29 is 4.74 Å². The van der Waals surface area contributed by atoms with Gasteiger partial charge in [-0.05, 0) is 52.2 Å². The second-order valence-corrected chi connectivity index (χ2v) is 9.93. The SMILES string of the molecule is CCCC(C)(C)n1nnc2c1-c1ccccc1CC(OC(C)(C)C)c1ccccc1-2. The van der Waals surface area contributed by atoms with Gasteiger partial charge in [-0.1, -0.05) is 67.1 Å². The van der Waals surface area contributed by atoms with Crippen LogP contribution in [0.5, 0.6) is 0 Å². The number of nitrogens with zero attached hydrogens (tertiary/aromatic N) is 3. The Morgan fingerprint density at radius 1 is 0.967 bits per heavy atom. The summed E-state index contributed by atoms with van der Waals surface area (Å²) < 4.78 is 8.72. The van der Waals surface area contributed by atoms with Crippen molar-refractivity contribution in [2.75, 3.05) is 0 Å². The zero-order valence-corrected chi connectivity index (χ0v) is 19.1. The number of hydrogen-bond acceptors (Lipinski definition) is 3. The highest BCUT2D eigenvalue weighted by Gasteiger charge is 2.33. The molecule has 1 aliphatic rings. The summed E-state index contributed by atoms with van der Waals surface area (Å²) in [6.45, 7) is 13.1. The topological polar surface area (TPSA) is 39.9 Å². The second kappa shape index (κ2) is 7.66. The Hall–Kier alpha value is -2.46. The van der Waals surface area contributed by atoms with Gasteiger partial charge in [-0.3, -0.25) is 0 Å². The summed E-state index contributed by atoms with van der Waals surface area (Å²) in [4.78, 5) is 0. The van der Waals surface area contributed by atoms with Crippen LogP contribution in [0, 0.1) is 0 Å². The van der Waals surface area contributed by atoms with Crippen LogP contribution in [0.25, 0.3) is 22.5 Å². The Bertz CT molecular complexity index is 1040. The average molecular weight is 404 g/mol. The number of hydrogen-bond donors (Lipinski definition) is 0. The maximum atomic E-state index is 6.57. The molecule has 3 aromatic rings. The zero-order chi connectivity index (χ0) is 21.5. The summed E-state index contributed by atoms with van der Waals surface area (Å²) in [5.74, 6) is 0. The molecule has 0 amide bonds. The van der Waals surface area contributed by atoms with Crippen LogP contribution >= 0.6 is 0 Å². The number of fused-ring (bicyclic) bond motifs is 5. The van der Waals surface area contributed by atoms with Gasteiger partial charge in [0.15, 0.2) is 0 Å². The molecular weight excluding hydrogens is 370 g/mol. The highest BCUT2D eigenvalue weighted by molar-refractivity contribution is 5.82. The van der Waals surface area contributed by atoms with Crippen molar-refractivity contribution in [3.05, 3.63) is 59.7 Å². The van der Waals surface area contributed by atoms with Crippen LogP contribution in [0.1, 0.15) is 71.6 Å². The minimum Gasteiger partial charge on any atom is -0.368 e. The molecule has 0 saturated heterocycles. The van der Waals surface area contributed by atoms with Gasteiger partial charge in [0.1, 0.15) is 5.69 Å². The zero-order valence-electron chi connectivity index (χ0n) is 19.1. The third kappa shape index (κ3) is 3.81. The minimum atomic E-state index is -0.241. The van der Waals surface area contributed by atoms with E-state index in [1.54, 1.807) is 0 Å². The standard InChI is InChI=1S/C26H33N3O/c1-7-16-26(5,6)29-24-19-13-9-8-12-18(19)17-22(30-25(2,3)4)20-14-10-11-15-21(20)23(24)27-28-29/h8-15,22H,7,16-17H2,1-6H3. The lowest BCUT2D eigenvalue weighted by molar-refractivity contribution is -0.0611. The van der Waals surface area contributed by atoms with Gasteiger partial charge in [0.25, 0.3) is 0 Å². The first-order valence-electron chi connectivity index (χ1n) is 11.0. The molecule has 0 spiro atoms. The van der Waals surface area contributed by atoms with Crippen molar-refractivity contribution >= 4 is 0 Å². The van der Waals surface area contributed by atoms with E-state index < -0.39 is 0 Å². The van der Waals surface area contributed by atoms with Crippen molar-refractivity contribution in [2.24, 2.45) is 0 Å². The summed E-state index contributed by atoms with van der Waals surface area (Å²) in [5.41, 5.74) is 6.50. The summed E-state index contributed by atoms with van der Waals surface area (Å²) in [7, 11) is 0. The molecule has 1 unspecified atom stereocenters. The molecule has 158 valence electrons. The van der Waals surface area contributed by atoms with E-state index in [9.17, 15) is 0 Å². The Morgan fingerprint density at radius 3 is 2.33 bits per heavy atom. The smallest absolute Gasteiger partial charge is 0.121 e. The first-order chi connectivity index (χ1) is 14.2. The molecule has 0 N–H and O–H groups in total. The third-order valence-electron chi connectivity index (χ3n) is 5.84. The number of rotatable bonds is 4. The summed E-state index contributed by atoms with van der Waals surface area (Å²) in [5, 5.41) is 9.43. The molecule has 1 atom stereocenters. The van der Waals surface area contributed by atoms with Crippen LogP contribution in [-0.2, 0) is 16.7 Å². The lowest BCUT2D eigenvalue weighted by atomic mass is 9.86. The molecule has 4 nitrogen and oxygen atoms in total. The molecule has 0 radical (unpaired) electrons. The Kier molecular flexibility index (Phi) is 5.31. The van der Waals surface area contributed by atoms with E-state index in [4.69, 9.17) is 15.0 Å². The minimum absolute atomic E-state index is 0.0377. The lowest BCUT2D eigenvalue weighted by Crippen LogP contribution is -2.29.